The molecule has 0 bridgehead atoms. The van der Waals surface area contributed by atoms with E-state index in [1.165, 1.54) is 12.8 Å². The summed E-state index contributed by atoms with van der Waals surface area (Å²) >= 11 is 0. The largest absolute Gasteiger partial charge is 0.370 e. The van der Waals surface area contributed by atoms with E-state index in [1.54, 1.807) is 0 Å². The highest BCUT2D eigenvalue weighted by atomic mass is 15.4. The van der Waals surface area contributed by atoms with E-state index < -0.39 is 0 Å². The smallest absolute Gasteiger partial charge is 0.225 e. The molecule has 3 aromatic rings. The van der Waals surface area contributed by atoms with Crippen molar-refractivity contribution in [2.75, 3.05) is 23.3 Å². The highest BCUT2D eigenvalue weighted by molar-refractivity contribution is 5.94. The van der Waals surface area contributed by atoms with Gasteiger partial charge in [0.1, 0.15) is 0 Å². The Hall–Kier alpha value is -3.16. The van der Waals surface area contributed by atoms with E-state index in [4.69, 9.17) is 5.73 Å². The van der Waals surface area contributed by atoms with Gasteiger partial charge >= 0.3 is 0 Å². The number of hydrogen-bond acceptors (Lipinski definition) is 7. The monoisotopic (exact) mass is 334 g/mol. The van der Waals surface area contributed by atoms with Crippen molar-refractivity contribution in [1.82, 2.24) is 19.5 Å². The molecule has 3 N–H and O–H groups in total. The van der Waals surface area contributed by atoms with Crippen molar-refractivity contribution in [1.29, 1.82) is 0 Å². The van der Waals surface area contributed by atoms with Crippen LogP contribution >= 0.6 is 0 Å². The van der Waals surface area contributed by atoms with E-state index in [0.717, 1.165) is 35.6 Å². The van der Waals surface area contributed by atoms with Gasteiger partial charge in [0, 0.05) is 31.0 Å². The van der Waals surface area contributed by atoms with Gasteiger partial charge in [0.25, 0.3) is 0 Å². The van der Waals surface area contributed by atoms with Crippen molar-refractivity contribution in [2.24, 2.45) is 10.7 Å². The summed E-state index contributed by atoms with van der Waals surface area (Å²) < 4.78 is 2.03. The lowest BCUT2D eigenvalue weighted by molar-refractivity contribution is 0.620. The number of para-hydroxylation sites is 2. The minimum atomic E-state index is -0.323. The number of aliphatic imine (C=N–C) groups is 1. The molecule has 25 heavy (non-hydrogen) atoms. The van der Waals surface area contributed by atoms with E-state index in [0.29, 0.717) is 11.9 Å². The highest BCUT2D eigenvalue weighted by Crippen LogP contribution is 2.32. The molecule has 0 aliphatic carbocycles. The van der Waals surface area contributed by atoms with Crippen molar-refractivity contribution in [3.05, 3.63) is 42.2 Å². The van der Waals surface area contributed by atoms with Crippen LogP contribution < -0.4 is 16.0 Å². The molecule has 2 aliphatic heterocycles. The molecule has 2 aromatic heterocycles. The van der Waals surface area contributed by atoms with Crippen LogP contribution in [-0.2, 0) is 0 Å². The maximum absolute atomic E-state index is 5.97. The Kier molecular flexibility index (Phi) is 3.09. The standard InChI is InChI=1S/C17H18N8/c18-15-22-14(11-9-19-16(20-10-11)24-7-3-4-8-24)25-13-6-2-1-5-12(13)21-17(25)23-15/h1-2,5-6,9-10,14H,3-4,7-8H2,(H3,18,21,22,23)/t14-/m1/s1. The summed E-state index contributed by atoms with van der Waals surface area (Å²) in [6.07, 6.45) is 5.75. The first-order valence-electron chi connectivity index (χ1n) is 8.44. The molecule has 8 nitrogen and oxygen atoms in total. The average molecular weight is 334 g/mol. The molecule has 0 unspecified atom stereocenters. The molecule has 0 amide bonds. The number of guanidine groups is 1. The average Bonchev–Trinajstić information content (AvgIpc) is 3.28. The van der Waals surface area contributed by atoms with Crippen molar-refractivity contribution < 1.29 is 0 Å². The Labute approximate surface area is 144 Å². The second kappa shape index (κ2) is 5.44. The van der Waals surface area contributed by atoms with Gasteiger partial charge < -0.3 is 10.6 Å². The Bertz CT molecular complexity index is 952. The Morgan fingerprint density at radius 1 is 1.08 bits per heavy atom. The number of hydrogen-bond donors (Lipinski definition) is 2. The summed E-state index contributed by atoms with van der Waals surface area (Å²) in [6, 6.07) is 7.96. The number of benzene rings is 1. The highest BCUT2D eigenvalue weighted by Gasteiger charge is 2.26. The Balaban J connectivity index is 1.58. The van der Waals surface area contributed by atoms with Gasteiger partial charge in [0.05, 0.1) is 11.0 Å². The molecule has 0 radical (unpaired) electrons. The molecule has 4 heterocycles. The van der Waals surface area contributed by atoms with Gasteiger partial charge in [-0.2, -0.15) is 0 Å². The van der Waals surface area contributed by atoms with Crippen LogP contribution in [0.15, 0.2) is 41.7 Å². The van der Waals surface area contributed by atoms with Crippen molar-refractivity contribution >= 4 is 28.9 Å². The normalized spacial score (nSPS) is 19.6. The topological polar surface area (TPSA) is 97.3 Å². The lowest BCUT2D eigenvalue weighted by atomic mass is 10.2. The summed E-state index contributed by atoms with van der Waals surface area (Å²) in [4.78, 5) is 20.5. The van der Waals surface area contributed by atoms with Crippen LogP contribution in [0.3, 0.4) is 0 Å². The predicted molar refractivity (Wildman–Crippen MR) is 96.6 cm³/mol. The van der Waals surface area contributed by atoms with Gasteiger partial charge in [0.2, 0.25) is 11.9 Å². The molecule has 1 saturated heterocycles. The zero-order valence-electron chi connectivity index (χ0n) is 13.6. The van der Waals surface area contributed by atoms with Gasteiger partial charge in [-0.25, -0.2) is 19.9 Å². The number of fused-ring (bicyclic) bond motifs is 3. The van der Waals surface area contributed by atoms with Crippen LogP contribution in [0.4, 0.5) is 11.9 Å². The number of nitrogens with one attached hydrogen (secondary N) is 1. The third-order valence-corrected chi connectivity index (χ3v) is 4.69. The fourth-order valence-corrected chi connectivity index (χ4v) is 3.49. The van der Waals surface area contributed by atoms with Crippen molar-refractivity contribution in [2.45, 2.75) is 19.0 Å². The van der Waals surface area contributed by atoms with E-state index in [2.05, 4.69) is 30.2 Å². The number of nitrogens with two attached hydrogens (primary N) is 1. The van der Waals surface area contributed by atoms with Gasteiger partial charge in [-0.1, -0.05) is 12.1 Å². The number of anilines is 2. The Morgan fingerprint density at radius 2 is 1.84 bits per heavy atom. The third-order valence-electron chi connectivity index (χ3n) is 4.69. The molecular formula is C17H18N8. The number of rotatable bonds is 2. The van der Waals surface area contributed by atoms with Gasteiger partial charge in [-0.3, -0.25) is 9.88 Å². The summed E-state index contributed by atoms with van der Waals surface area (Å²) in [6.45, 7) is 2.04. The second-order valence-electron chi connectivity index (χ2n) is 6.32. The fourth-order valence-electron chi connectivity index (χ4n) is 3.49. The van der Waals surface area contributed by atoms with Gasteiger partial charge in [-0.15, -0.1) is 0 Å². The van der Waals surface area contributed by atoms with Gasteiger partial charge in [0.15, 0.2) is 12.1 Å². The molecule has 1 aromatic carbocycles. The van der Waals surface area contributed by atoms with Gasteiger partial charge in [-0.05, 0) is 25.0 Å². The van der Waals surface area contributed by atoms with Crippen LogP contribution in [0.2, 0.25) is 0 Å². The van der Waals surface area contributed by atoms with Crippen LogP contribution in [0.25, 0.3) is 11.0 Å². The van der Waals surface area contributed by atoms with E-state index >= 15 is 0 Å². The summed E-state index contributed by atoms with van der Waals surface area (Å²) in [5.74, 6) is 1.81. The second-order valence-corrected chi connectivity index (χ2v) is 6.32. The van der Waals surface area contributed by atoms with Crippen LogP contribution in [-0.4, -0.2) is 38.6 Å². The molecule has 0 spiro atoms. The summed E-state index contributed by atoms with van der Waals surface area (Å²) in [7, 11) is 0. The molecule has 2 aliphatic rings. The first-order valence-corrected chi connectivity index (χ1v) is 8.44. The summed E-state index contributed by atoms with van der Waals surface area (Å²) in [5.41, 5.74) is 8.74. The van der Waals surface area contributed by atoms with Crippen molar-refractivity contribution in [3.63, 3.8) is 0 Å². The zero-order valence-corrected chi connectivity index (χ0v) is 13.6. The molecule has 5 rings (SSSR count). The molecule has 1 fully saturated rings. The first kappa shape index (κ1) is 14.2. The number of imidazole rings is 1. The molecular weight excluding hydrogens is 316 g/mol. The van der Waals surface area contributed by atoms with E-state index in [1.807, 2.05) is 41.2 Å². The summed E-state index contributed by atoms with van der Waals surface area (Å²) in [5, 5.41) is 3.04. The minimum Gasteiger partial charge on any atom is -0.370 e. The Morgan fingerprint density at radius 3 is 2.64 bits per heavy atom. The predicted octanol–water partition coefficient (Wildman–Crippen LogP) is 1.71. The lowest BCUT2D eigenvalue weighted by Gasteiger charge is -2.23. The first-order chi connectivity index (χ1) is 12.3. The maximum atomic E-state index is 5.97. The van der Waals surface area contributed by atoms with Crippen LogP contribution in [0.1, 0.15) is 24.6 Å². The van der Waals surface area contributed by atoms with Crippen LogP contribution in [0, 0.1) is 0 Å². The quantitative estimate of drug-likeness (QED) is 0.740. The van der Waals surface area contributed by atoms with E-state index in [-0.39, 0.29) is 6.17 Å². The fraction of sp³-hybridized carbons (Fsp3) is 0.294. The molecule has 0 saturated carbocycles. The molecule has 8 heteroatoms. The lowest BCUT2D eigenvalue weighted by Crippen LogP contribution is -2.31. The van der Waals surface area contributed by atoms with Crippen LogP contribution in [0.5, 0.6) is 0 Å². The van der Waals surface area contributed by atoms with E-state index in [9.17, 15) is 0 Å². The van der Waals surface area contributed by atoms with Crippen molar-refractivity contribution in [3.8, 4) is 0 Å². The molecule has 126 valence electrons. The third kappa shape index (κ3) is 2.29. The zero-order chi connectivity index (χ0) is 16.8. The number of aromatic nitrogens is 4. The maximum Gasteiger partial charge on any atom is 0.225 e. The SMILES string of the molecule is NC1=N[C@@H](c2cnc(N3CCCC3)nc2)n2c(nc3ccccc32)N1. The molecule has 1 atom stereocenters. The minimum absolute atomic E-state index is 0.323. The number of nitrogens with zero attached hydrogens (tertiary/aromatic N) is 6.